The average Bonchev–Trinajstić information content (AvgIpc) is 2.40. The molecule has 0 bridgehead atoms. The fourth-order valence-electron chi connectivity index (χ4n) is 2.34. The highest BCUT2D eigenvalue weighted by Gasteiger charge is 2.13. The molecule has 1 atom stereocenters. The molecule has 0 radical (unpaired) electrons. The van der Waals surface area contributed by atoms with Gasteiger partial charge >= 0.3 is 0 Å². The Bertz CT molecular complexity index is 363. The van der Waals surface area contributed by atoms with Crippen molar-refractivity contribution < 1.29 is 0 Å². The van der Waals surface area contributed by atoms with E-state index in [1.54, 1.807) is 0 Å². The molecule has 18 heavy (non-hydrogen) atoms. The van der Waals surface area contributed by atoms with Crippen LogP contribution in [0.5, 0.6) is 0 Å². The molecule has 1 aliphatic heterocycles. The van der Waals surface area contributed by atoms with Gasteiger partial charge in [-0.25, -0.2) is 15.8 Å². The van der Waals surface area contributed by atoms with Gasteiger partial charge in [0.05, 0.1) is 0 Å². The van der Waals surface area contributed by atoms with E-state index >= 15 is 0 Å². The van der Waals surface area contributed by atoms with Gasteiger partial charge in [0.1, 0.15) is 18.0 Å². The minimum Gasteiger partial charge on any atom is -0.366 e. The highest BCUT2D eigenvalue weighted by atomic mass is 15.3. The van der Waals surface area contributed by atoms with E-state index in [1.165, 1.54) is 38.7 Å². The normalized spacial score (nSPS) is 18.3. The molecule has 0 aromatic carbocycles. The van der Waals surface area contributed by atoms with E-state index in [4.69, 9.17) is 5.84 Å². The first-order chi connectivity index (χ1) is 8.78. The number of piperidine rings is 1. The van der Waals surface area contributed by atoms with Crippen LogP contribution in [0.1, 0.15) is 26.2 Å². The second-order valence-corrected chi connectivity index (χ2v) is 4.84. The Hall–Kier alpha value is -1.40. The molecule has 2 heterocycles. The molecule has 0 aliphatic carbocycles. The van der Waals surface area contributed by atoms with Gasteiger partial charge in [-0.05, 0) is 32.9 Å². The quantitative estimate of drug-likeness (QED) is 0.535. The fraction of sp³-hybridized carbons (Fsp3) is 0.667. The minimum absolute atomic E-state index is 0.364. The van der Waals surface area contributed by atoms with Crippen LogP contribution < -0.4 is 16.6 Å². The first-order valence-electron chi connectivity index (χ1n) is 6.55. The number of nitrogens with one attached hydrogen (secondary N) is 2. The van der Waals surface area contributed by atoms with Crippen molar-refractivity contribution in [1.82, 2.24) is 14.9 Å². The molecule has 1 fully saturated rings. The van der Waals surface area contributed by atoms with Crippen molar-refractivity contribution in [2.45, 2.75) is 32.2 Å². The molecule has 6 nitrogen and oxygen atoms in total. The lowest BCUT2D eigenvalue weighted by Crippen LogP contribution is -2.38. The lowest BCUT2D eigenvalue weighted by molar-refractivity contribution is 0.223. The van der Waals surface area contributed by atoms with Gasteiger partial charge in [0.25, 0.3) is 0 Å². The summed E-state index contributed by atoms with van der Waals surface area (Å²) in [5.74, 6) is 6.75. The van der Waals surface area contributed by atoms with Gasteiger partial charge in [-0.1, -0.05) is 6.42 Å². The topological polar surface area (TPSA) is 79.1 Å². The first kappa shape index (κ1) is 13.0. The molecule has 1 saturated heterocycles. The van der Waals surface area contributed by atoms with Crippen LogP contribution >= 0.6 is 0 Å². The third-order valence-corrected chi connectivity index (χ3v) is 3.19. The van der Waals surface area contributed by atoms with Gasteiger partial charge in [-0.3, -0.25) is 0 Å². The molecule has 1 aromatic heterocycles. The molecule has 1 aromatic rings. The monoisotopic (exact) mass is 250 g/mol. The number of hydrogen-bond acceptors (Lipinski definition) is 6. The standard InChI is InChI=1S/C12H22N6/c1-10(8-18-5-3-2-4-6-18)16-11-7-12(17-13)15-9-14-11/h7,9-10H,2-6,8,13H2,1H3,(H2,14,15,16,17). The zero-order chi connectivity index (χ0) is 12.8. The predicted molar refractivity (Wildman–Crippen MR) is 73.2 cm³/mol. The van der Waals surface area contributed by atoms with Gasteiger partial charge in [-0.15, -0.1) is 0 Å². The van der Waals surface area contributed by atoms with Crippen molar-refractivity contribution in [3.8, 4) is 0 Å². The number of hydrogen-bond donors (Lipinski definition) is 3. The van der Waals surface area contributed by atoms with Crippen LogP contribution in [0.4, 0.5) is 11.6 Å². The van der Waals surface area contributed by atoms with Crippen LogP contribution in [0.15, 0.2) is 12.4 Å². The average molecular weight is 250 g/mol. The van der Waals surface area contributed by atoms with E-state index in [0.29, 0.717) is 11.9 Å². The van der Waals surface area contributed by atoms with Crippen molar-refractivity contribution in [2.75, 3.05) is 30.4 Å². The molecule has 6 heteroatoms. The van der Waals surface area contributed by atoms with Crippen molar-refractivity contribution in [3.63, 3.8) is 0 Å². The van der Waals surface area contributed by atoms with E-state index in [-0.39, 0.29) is 0 Å². The molecular formula is C12H22N6. The van der Waals surface area contributed by atoms with Gasteiger partial charge < -0.3 is 15.6 Å². The molecule has 1 unspecified atom stereocenters. The molecule has 0 amide bonds. The number of nitrogens with zero attached hydrogens (tertiary/aromatic N) is 3. The van der Waals surface area contributed by atoms with Crippen LogP contribution in [0.3, 0.4) is 0 Å². The summed E-state index contributed by atoms with van der Waals surface area (Å²) < 4.78 is 0. The Morgan fingerprint density at radius 3 is 2.72 bits per heavy atom. The summed E-state index contributed by atoms with van der Waals surface area (Å²) in [7, 11) is 0. The second-order valence-electron chi connectivity index (χ2n) is 4.84. The summed E-state index contributed by atoms with van der Waals surface area (Å²) in [6, 6.07) is 2.18. The lowest BCUT2D eigenvalue weighted by atomic mass is 10.1. The smallest absolute Gasteiger partial charge is 0.145 e. The molecule has 0 spiro atoms. The second kappa shape index (κ2) is 6.51. The third kappa shape index (κ3) is 3.82. The van der Waals surface area contributed by atoms with Crippen LogP contribution in [0.25, 0.3) is 0 Å². The summed E-state index contributed by atoms with van der Waals surface area (Å²) >= 11 is 0. The Morgan fingerprint density at radius 1 is 1.28 bits per heavy atom. The van der Waals surface area contributed by atoms with E-state index in [1.807, 2.05) is 6.07 Å². The Morgan fingerprint density at radius 2 is 2.00 bits per heavy atom. The zero-order valence-electron chi connectivity index (χ0n) is 10.9. The number of anilines is 2. The van der Waals surface area contributed by atoms with Gasteiger partial charge in [-0.2, -0.15) is 0 Å². The van der Waals surface area contributed by atoms with Crippen molar-refractivity contribution in [1.29, 1.82) is 0 Å². The summed E-state index contributed by atoms with van der Waals surface area (Å²) in [4.78, 5) is 10.7. The molecule has 100 valence electrons. The summed E-state index contributed by atoms with van der Waals surface area (Å²) in [5, 5.41) is 3.38. The molecule has 2 rings (SSSR count). The highest BCUT2D eigenvalue weighted by Crippen LogP contribution is 2.12. The number of hydrazine groups is 1. The number of nitrogens with two attached hydrogens (primary N) is 1. The van der Waals surface area contributed by atoms with Crippen molar-refractivity contribution in [3.05, 3.63) is 12.4 Å². The van der Waals surface area contributed by atoms with Gasteiger partial charge in [0.2, 0.25) is 0 Å². The van der Waals surface area contributed by atoms with E-state index in [2.05, 4.69) is 32.5 Å². The van der Waals surface area contributed by atoms with Crippen LogP contribution in [-0.2, 0) is 0 Å². The van der Waals surface area contributed by atoms with E-state index < -0.39 is 0 Å². The van der Waals surface area contributed by atoms with Gasteiger partial charge in [0.15, 0.2) is 0 Å². The maximum Gasteiger partial charge on any atom is 0.145 e. The number of rotatable bonds is 5. The largest absolute Gasteiger partial charge is 0.366 e. The molecular weight excluding hydrogens is 228 g/mol. The van der Waals surface area contributed by atoms with Crippen LogP contribution in [0, 0.1) is 0 Å². The maximum absolute atomic E-state index is 5.32. The van der Waals surface area contributed by atoms with Gasteiger partial charge in [0, 0.05) is 18.7 Å². The lowest BCUT2D eigenvalue weighted by Gasteiger charge is -2.29. The number of nitrogen functional groups attached to an aromatic ring is 1. The van der Waals surface area contributed by atoms with E-state index in [9.17, 15) is 0 Å². The first-order valence-corrected chi connectivity index (χ1v) is 6.55. The summed E-state index contributed by atoms with van der Waals surface area (Å²) in [5.41, 5.74) is 2.52. The number of aromatic nitrogens is 2. The number of likely N-dealkylation sites (tertiary alicyclic amines) is 1. The Balaban J connectivity index is 1.83. The van der Waals surface area contributed by atoms with Crippen molar-refractivity contribution in [2.24, 2.45) is 5.84 Å². The zero-order valence-corrected chi connectivity index (χ0v) is 10.9. The predicted octanol–water partition coefficient (Wildman–Crippen LogP) is 1.05. The SMILES string of the molecule is CC(CN1CCCCC1)Nc1cc(NN)ncn1. The maximum atomic E-state index is 5.32. The van der Waals surface area contributed by atoms with Crippen LogP contribution in [-0.4, -0.2) is 40.5 Å². The van der Waals surface area contributed by atoms with Crippen molar-refractivity contribution >= 4 is 11.6 Å². The molecule has 0 saturated carbocycles. The Kier molecular flexibility index (Phi) is 4.72. The highest BCUT2D eigenvalue weighted by molar-refractivity contribution is 5.46. The Labute approximate surface area is 108 Å². The van der Waals surface area contributed by atoms with E-state index in [0.717, 1.165) is 12.4 Å². The summed E-state index contributed by atoms with van der Waals surface area (Å²) in [6.45, 7) is 5.65. The summed E-state index contributed by atoms with van der Waals surface area (Å²) in [6.07, 6.45) is 5.52. The third-order valence-electron chi connectivity index (χ3n) is 3.19. The fourth-order valence-corrected chi connectivity index (χ4v) is 2.34. The minimum atomic E-state index is 0.364. The molecule has 4 N–H and O–H groups in total. The molecule has 1 aliphatic rings. The van der Waals surface area contributed by atoms with Crippen LogP contribution in [0.2, 0.25) is 0 Å².